The number of nitrogens with two attached hydrogens (primary N) is 1. The Balaban J connectivity index is 2.49. The standard InChI is InChI=1S/C12H17ClN4O2/c1-12(2,3)19-11(18)15-6-4-5-8-9(13)16-7-17-10(8)14/h4-5,7H,6H2,1-3H3,(H,15,18)(H2,14,16,17). The summed E-state index contributed by atoms with van der Waals surface area (Å²) in [5, 5.41) is 2.84. The largest absolute Gasteiger partial charge is 0.444 e. The Morgan fingerprint density at radius 1 is 1.53 bits per heavy atom. The van der Waals surface area contributed by atoms with Crippen molar-refractivity contribution in [3.05, 3.63) is 23.1 Å². The highest BCUT2D eigenvalue weighted by Gasteiger charge is 2.15. The molecule has 0 fully saturated rings. The molecule has 0 aliphatic carbocycles. The molecule has 0 bridgehead atoms. The summed E-state index contributed by atoms with van der Waals surface area (Å²) < 4.78 is 5.08. The summed E-state index contributed by atoms with van der Waals surface area (Å²) in [5.41, 5.74) is 5.65. The minimum Gasteiger partial charge on any atom is -0.444 e. The monoisotopic (exact) mass is 284 g/mol. The van der Waals surface area contributed by atoms with Crippen LogP contribution in [-0.4, -0.2) is 28.2 Å². The Hall–Kier alpha value is -1.82. The fourth-order valence-electron chi connectivity index (χ4n) is 1.17. The summed E-state index contributed by atoms with van der Waals surface area (Å²) in [7, 11) is 0. The van der Waals surface area contributed by atoms with E-state index in [0.717, 1.165) is 0 Å². The second kappa shape index (κ2) is 6.38. The first-order valence-corrected chi connectivity index (χ1v) is 6.07. The van der Waals surface area contributed by atoms with Crippen LogP contribution in [0.2, 0.25) is 5.15 Å². The number of ether oxygens (including phenoxy) is 1. The molecule has 0 saturated heterocycles. The van der Waals surface area contributed by atoms with Gasteiger partial charge < -0.3 is 15.8 Å². The first-order chi connectivity index (χ1) is 8.79. The van der Waals surface area contributed by atoms with Crippen molar-refractivity contribution in [1.29, 1.82) is 0 Å². The minimum absolute atomic E-state index is 0.265. The van der Waals surface area contributed by atoms with Crippen molar-refractivity contribution in [3.8, 4) is 0 Å². The van der Waals surface area contributed by atoms with Gasteiger partial charge in [0.15, 0.2) is 0 Å². The zero-order valence-electron chi connectivity index (χ0n) is 11.1. The minimum atomic E-state index is -0.519. The molecule has 0 aromatic carbocycles. The second-order valence-corrected chi connectivity index (χ2v) is 5.11. The molecule has 6 nitrogen and oxygen atoms in total. The highest BCUT2D eigenvalue weighted by Crippen LogP contribution is 2.18. The summed E-state index contributed by atoms with van der Waals surface area (Å²) in [6, 6.07) is 0. The number of nitrogens with one attached hydrogen (secondary N) is 1. The fourth-order valence-corrected chi connectivity index (χ4v) is 1.38. The van der Waals surface area contributed by atoms with E-state index in [1.807, 2.05) is 0 Å². The Kier molecular flexibility index (Phi) is 5.11. The van der Waals surface area contributed by atoms with Crippen LogP contribution in [0.4, 0.5) is 10.6 Å². The number of alkyl carbamates (subject to hydrolysis) is 1. The fraction of sp³-hybridized carbons (Fsp3) is 0.417. The van der Waals surface area contributed by atoms with Gasteiger partial charge in [-0.05, 0) is 20.8 Å². The molecule has 1 rings (SSSR count). The van der Waals surface area contributed by atoms with Crippen LogP contribution in [0.1, 0.15) is 26.3 Å². The summed E-state index contributed by atoms with van der Waals surface area (Å²) in [6.45, 7) is 5.68. The van der Waals surface area contributed by atoms with Gasteiger partial charge in [0.05, 0.1) is 5.56 Å². The molecule has 0 spiro atoms. The van der Waals surface area contributed by atoms with Gasteiger partial charge in [0.25, 0.3) is 0 Å². The number of carbonyl (C=O) groups is 1. The van der Waals surface area contributed by atoms with Crippen molar-refractivity contribution in [2.45, 2.75) is 26.4 Å². The average molecular weight is 285 g/mol. The van der Waals surface area contributed by atoms with Gasteiger partial charge in [0.2, 0.25) is 0 Å². The van der Waals surface area contributed by atoms with E-state index in [4.69, 9.17) is 22.1 Å². The molecular formula is C12H17ClN4O2. The number of hydrogen-bond acceptors (Lipinski definition) is 5. The van der Waals surface area contributed by atoms with Crippen molar-refractivity contribution < 1.29 is 9.53 Å². The molecule has 0 unspecified atom stereocenters. The Bertz CT molecular complexity index is 463. The second-order valence-electron chi connectivity index (χ2n) is 4.75. The third-order valence-corrected chi connectivity index (χ3v) is 2.21. The zero-order valence-corrected chi connectivity index (χ0v) is 11.9. The van der Waals surface area contributed by atoms with E-state index >= 15 is 0 Å². The molecule has 0 aliphatic heterocycles. The van der Waals surface area contributed by atoms with Crippen molar-refractivity contribution in [2.24, 2.45) is 0 Å². The van der Waals surface area contributed by atoms with Gasteiger partial charge >= 0.3 is 6.09 Å². The molecular weight excluding hydrogens is 268 g/mol. The van der Waals surface area contributed by atoms with Crippen LogP contribution in [0.15, 0.2) is 12.4 Å². The van der Waals surface area contributed by atoms with Crippen LogP contribution in [0.5, 0.6) is 0 Å². The average Bonchev–Trinajstić information content (AvgIpc) is 2.25. The number of nitrogen functional groups attached to an aromatic ring is 1. The smallest absolute Gasteiger partial charge is 0.407 e. The highest BCUT2D eigenvalue weighted by atomic mass is 35.5. The molecule has 3 N–H and O–H groups in total. The lowest BCUT2D eigenvalue weighted by Gasteiger charge is -2.19. The SMILES string of the molecule is CC(C)(C)OC(=O)NCC=Cc1c(N)ncnc1Cl. The van der Waals surface area contributed by atoms with Crippen LogP contribution >= 0.6 is 11.6 Å². The molecule has 1 aromatic heterocycles. The molecule has 1 amide bonds. The first kappa shape index (κ1) is 15.2. The highest BCUT2D eigenvalue weighted by molar-refractivity contribution is 6.31. The van der Waals surface area contributed by atoms with E-state index in [9.17, 15) is 4.79 Å². The molecule has 1 aromatic rings. The van der Waals surface area contributed by atoms with E-state index in [2.05, 4.69) is 15.3 Å². The van der Waals surface area contributed by atoms with Crippen LogP contribution in [0.3, 0.4) is 0 Å². The number of nitrogens with zero attached hydrogens (tertiary/aromatic N) is 2. The lowest BCUT2D eigenvalue weighted by molar-refractivity contribution is 0.0534. The van der Waals surface area contributed by atoms with E-state index in [1.54, 1.807) is 32.9 Å². The zero-order chi connectivity index (χ0) is 14.5. The van der Waals surface area contributed by atoms with Gasteiger partial charge in [-0.2, -0.15) is 0 Å². The topological polar surface area (TPSA) is 90.1 Å². The van der Waals surface area contributed by atoms with Gasteiger partial charge in [0, 0.05) is 6.54 Å². The maximum absolute atomic E-state index is 11.4. The first-order valence-electron chi connectivity index (χ1n) is 5.69. The quantitative estimate of drug-likeness (QED) is 0.831. The predicted octanol–water partition coefficient (Wildman–Crippen LogP) is 2.25. The number of hydrogen-bond donors (Lipinski definition) is 2. The predicted molar refractivity (Wildman–Crippen MR) is 74.7 cm³/mol. The summed E-state index contributed by atoms with van der Waals surface area (Å²) >= 11 is 5.86. The van der Waals surface area contributed by atoms with Gasteiger partial charge in [-0.1, -0.05) is 23.8 Å². The summed E-state index contributed by atoms with van der Waals surface area (Å²) in [4.78, 5) is 19.0. The molecule has 104 valence electrons. The molecule has 0 atom stereocenters. The van der Waals surface area contributed by atoms with Gasteiger partial charge in [-0.3, -0.25) is 0 Å². The number of rotatable bonds is 3. The van der Waals surface area contributed by atoms with Crippen LogP contribution < -0.4 is 11.1 Å². The molecule has 0 radical (unpaired) electrons. The molecule has 19 heavy (non-hydrogen) atoms. The molecule has 0 aliphatic rings. The van der Waals surface area contributed by atoms with Gasteiger partial charge in [-0.15, -0.1) is 0 Å². The molecule has 0 saturated carbocycles. The van der Waals surface area contributed by atoms with E-state index < -0.39 is 11.7 Å². The third-order valence-electron chi connectivity index (χ3n) is 1.91. The van der Waals surface area contributed by atoms with E-state index in [1.165, 1.54) is 6.33 Å². The summed E-state index contributed by atoms with van der Waals surface area (Å²) in [6.07, 6.45) is 4.13. The molecule has 7 heteroatoms. The third kappa shape index (κ3) is 5.56. The van der Waals surface area contributed by atoms with Crippen molar-refractivity contribution in [3.63, 3.8) is 0 Å². The van der Waals surface area contributed by atoms with Crippen LogP contribution in [0.25, 0.3) is 6.08 Å². The normalized spacial score (nSPS) is 11.6. The van der Waals surface area contributed by atoms with Crippen LogP contribution in [-0.2, 0) is 4.74 Å². The van der Waals surface area contributed by atoms with E-state index in [0.29, 0.717) is 12.1 Å². The Morgan fingerprint density at radius 2 is 2.21 bits per heavy atom. The number of anilines is 1. The number of halogens is 1. The van der Waals surface area contributed by atoms with Gasteiger partial charge in [0.1, 0.15) is 22.9 Å². The lowest BCUT2D eigenvalue weighted by atomic mass is 10.2. The van der Waals surface area contributed by atoms with Crippen LogP contribution in [0, 0.1) is 0 Å². The Morgan fingerprint density at radius 3 is 2.79 bits per heavy atom. The maximum atomic E-state index is 11.4. The van der Waals surface area contributed by atoms with Crippen molar-refractivity contribution in [1.82, 2.24) is 15.3 Å². The maximum Gasteiger partial charge on any atom is 0.407 e. The molecule has 1 heterocycles. The van der Waals surface area contributed by atoms with Crippen molar-refractivity contribution in [2.75, 3.05) is 12.3 Å². The van der Waals surface area contributed by atoms with Crippen molar-refractivity contribution >= 4 is 29.6 Å². The number of carbonyl (C=O) groups excluding carboxylic acids is 1. The number of amides is 1. The van der Waals surface area contributed by atoms with Gasteiger partial charge in [-0.25, -0.2) is 14.8 Å². The Labute approximate surface area is 117 Å². The summed E-state index contributed by atoms with van der Waals surface area (Å²) in [5.74, 6) is 0.286. The number of aromatic nitrogens is 2. The lowest BCUT2D eigenvalue weighted by Crippen LogP contribution is -2.32. The van der Waals surface area contributed by atoms with E-state index in [-0.39, 0.29) is 11.0 Å².